The molecule has 1 saturated carbocycles. The van der Waals surface area contributed by atoms with Crippen molar-refractivity contribution in [2.24, 2.45) is 5.73 Å². The van der Waals surface area contributed by atoms with Crippen molar-refractivity contribution in [3.63, 3.8) is 0 Å². The van der Waals surface area contributed by atoms with Crippen molar-refractivity contribution in [3.05, 3.63) is 0 Å². The fourth-order valence-corrected chi connectivity index (χ4v) is 2.59. The monoisotopic (exact) mass is 169 g/mol. The first-order valence-electron chi connectivity index (χ1n) is 5.23. The highest BCUT2D eigenvalue weighted by atomic mass is 16.5. The maximum Gasteiger partial charge on any atom is 0.0732 e. The molecule has 1 aliphatic carbocycles. The molecule has 2 nitrogen and oxygen atoms in total. The Labute approximate surface area is 74.5 Å². The van der Waals surface area contributed by atoms with Crippen LogP contribution in [0, 0.1) is 0 Å². The van der Waals surface area contributed by atoms with Crippen molar-refractivity contribution in [1.29, 1.82) is 0 Å². The number of nitrogens with two attached hydrogens (primary N) is 1. The Hall–Kier alpha value is -0.0800. The van der Waals surface area contributed by atoms with E-state index in [1.54, 1.807) is 0 Å². The Morgan fingerprint density at radius 2 is 1.75 bits per heavy atom. The average molecular weight is 169 g/mol. The molecular formula is C10H19NO. The van der Waals surface area contributed by atoms with Gasteiger partial charge in [0.2, 0.25) is 0 Å². The van der Waals surface area contributed by atoms with Crippen LogP contribution in [-0.2, 0) is 4.74 Å². The number of rotatable bonds is 1. The van der Waals surface area contributed by atoms with Crippen LogP contribution in [0.2, 0.25) is 0 Å². The van der Waals surface area contributed by atoms with Crippen LogP contribution in [0.1, 0.15) is 44.9 Å². The van der Waals surface area contributed by atoms with Gasteiger partial charge in [-0.2, -0.15) is 0 Å². The molecule has 1 spiro atoms. The van der Waals surface area contributed by atoms with Crippen LogP contribution in [0.4, 0.5) is 0 Å². The summed E-state index contributed by atoms with van der Waals surface area (Å²) in [6.07, 6.45) is 9.69. The van der Waals surface area contributed by atoms with Crippen molar-refractivity contribution >= 4 is 0 Å². The molecule has 0 aromatic heterocycles. The Morgan fingerprint density at radius 1 is 1.17 bits per heavy atom. The van der Waals surface area contributed by atoms with Gasteiger partial charge < -0.3 is 10.5 Å². The molecule has 0 amide bonds. The van der Waals surface area contributed by atoms with Crippen LogP contribution in [0.25, 0.3) is 0 Å². The molecule has 2 fully saturated rings. The smallest absolute Gasteiger partial charge is 0.0732 e. The molecule has 2 heteroatoms. The van der Waals surface area contributed by atoms with E-state index in [1.165, 1.54) is 44.9 Å². The zero-order valence-electron chi connectivity index (χ0n) is 7.72. The van der Waals surface area contributed by atoms with Crippen molar-refractivity contribution in [1.82, 2.24) is 0 Å². The van der Waals surface area contributed by atoms with Gasteiger partial charge in [-0.25, -0.2) is 0 Å². The van der Waals surface area contributed by atoms with E-state index in [2.05, 4.69) is 0 Å². The molecule has 1 unspecified atom stereocenters. The van der Waals surface area contributed by atoms with E-state index < -0.39 is 0 Å². The minimum Gasteiger partial charge on any atom is -0.370 e. The number of hydrogen-bond acceptors (Lipinski definition) is 2. The lowest BCUT2D eigenvalue weighted by Gasteiger charge is -2.47. The van der Waals surface area contributed by atoms with Crippen molar-refractivity contribution in [2.75, 3.05) is 6.54 Å². The summed E-state index contributed by atoms with van der Waals surface area (Å²) < 4.78 is 5.87. The number of hydrogen-bond donors (Lipinski definition) is 1. The molecule has 1 aliphatic heterocycles. The van der Waals surface area contributed by atoms with Gasteiger partial charge in [0.1, 0.15) is 0 Å². The van der Waals surface area contributed by atoms with Crippen molar-refractivity contribution in [3.8, 4) is 0 Å². The molecule has 0 bridgehead atoms. The zero-order chi connectivity index (χ0) is 8.44. The summed E-state index contributed by atoms with van der Waals surface area (Å²) in [6, 6.07) is 0. The van der Waals surface area contributed by atoms with Crippen LogP contribution >= 0.6 is 0 Å². The van der Waals surface area contributed by atoms with Gasteiger partial charge in [-0.3, -0.25) is 0 Å². The van der Waals surface area contributed by atoms with Gasteiger partial charge in [0, 0.05) is 13.0 Å². The van der Waals surface area contributed by atoms with Crippen LogP contribution in [0.5, 0.6) is 0 Å². The van der Waals surface area contributed by atoms with E-state index >= 15 is 0 Å². The summed E-state index contributed by atoms with van der Waals surface area (Å²) in [7, 11) is 0. The van der Waals surface area contributed by atoms with E-state index in [4.69, 9.17) is 10.5 Å². The summed E-state index contributed by atoms with van der Waals surface area (Å²) in [6.45, 7) is 0.710. The highest BCUT2D eigenvalue weighted by molar-refractivity contribution is 4.94. The highest BCUT2D eigenvalue weighted by Crippen LogP contribution is 2.42. The lowest BCUT2D eigenvalue weighted by atomic mass is 9.82. The molecule has 12 heavy (non-hydrogen) atoms. The SMILES string of the molecule is NCC1CC2(CCCCCC2)O1. The van der Waals surface area contributed by atoms with E-state index in [9.17, 15) is 0 Å². The first-order valence-corrected chi connectivity index (χ1v) is 5.23. The van der Waals surface area contributed by atoms with Gasteiger partial charge in [-0.15, -0.1) is 0 Å². The second-order valence-corrected chi connectivity index (χ2v) is 4.28. The molecule has 2 rings (SSSR count). The molecule has 2 N–H and O–H groups in total. The summed E-state index contributed by atoms with van der Waals surface area (Å²) in [5.74, 6) is 0. The lowest BCUT2D eigenvalue weighted by Crippen LogP contribution is -2.52. The van der Waals surface area contributed by atoms with Crippen LogP contribution in [0.15, 0.2) is 0 Å². The zero-order valence-corrected chi connectivity index (χ0v) is 7.72. The molecule has 1 saturated heterocycles. The first kappa shape index (κ1) is 8.52. The standard InChI is InChI=1S/C10H19NO/c11-8-9-7-10(12-9)5-3-1-2-4-6-10/h9H,1-8,11H2. The highest BCUT2D eigenvalue weighted by Gasteiger charge is 2.44. The van der Waals surface area contributed by atoms with Crippen LogP contribution in [-0.4, -0.2) is 18.2 Å². The topological polar surface area (TPSA) is 35.2 Å². The third-order valence-electron chi connectivity index (χ3n) is 3.29. The van der Waals surface area contributed by atoms with E-state index in [0.717, 1.165) is 0 Å². The molecule has 70 valence electrons. The molecule has 0 aromatic carbocycles. The van der Waals surface area contributed by atoms with Gasteiger partial charge in [-0.1, -0.05) is 25.7 Å². The summed E-state index contributed by atoms with van der Waals surface area (Å²) >= 11 is 0. The van der Waals surface area contributed by atoms with E-state index in [1.807, 2.05) is 0 Å². The average Bonchev–Trinajstić information content (AvgIpc) is 2.25. The summed E-state index contributed by atoms with van der Waals surface area (Å²) in [5, 5.41) is 0. The predicted molar refractivity (Wildman–Crippen MR) is 49.0 cm³/mol. The largest absolute Gasteiger partial charge is 0.370 e. The third kappa shape index (κ3) is 1.50. The second kappa shape index (κ2) is 3.35. The van der Waals surface area contributed by atoms with Gasteiger partial charge in [0.15, 0.2) is 0 Å². The Morgan fingerprint density at radius 3 is 2.25 bits per heavy atom. The van der Waals surface area contributed by atoms with Gasteiger partial charge in [0.25, 0.3) is 0 Å². The molecule has 1 atom stereocenters. The van der Waals surface area contributed by atoms with Crippen LogP contribution < -0.4 is 5.73 Å². The lowest BCUT2D eigenvalue weighted by molar-refractivity contribution is -0.207. The maximum absolute atomic E-state index is 5.87. The minimum absolute atomic E-state index is 0.278. The molecule has 1 heterocycles. The predicted octanol–water partition coefficient (Wildman–Crippen LogP) is 1.83. The van der Waals surface area contributed by atoms with E-state index in [0.29, 0.717) is 12.6 Å². The second-order valence-electron chi connectivity index (χ2n) is 4.28. The number of ether oxygens (including phenoxy) is 1. The minimum atomic E-state index is 0.278. The fraction of sp³-hybridized carbons (Fsp3) is 1.00. The summed E-state index contributed by atoms with van der Waals surface area (Å²) in [5.41, 5.74) is 5.82. The van der Waals surface area contributed by atoms with Crippen molar-refractivity contribution in [2.45, 2.75) is 56.7 Å². The Bertz CT molecular complexity index is 142. The molecule has 2 aliphatic rings. The normalized spacial score (nSPS) is 34.2. The molecule has 0 radical (unpaired) electrons. The van der Waals surface area contributed by atoms with Crippen molar-refractivity contribution < 1.29 is 4.74 Å². The Kier molecular flexibility index (Phi) is 2.37. The van der Waals surface area contributed by atoms with E-state index in [-0.39, 0.29) is 5.60 Å². The van der Waals surface area contributed by atoms with Gasteiger partial charge >= 0.3 is 0 Å². The summed E-state index contributed by atoms with van der Waals surface area (Å²) in [4.78, 5) is 0. The third-order valence-corrected chi connectivity index (χ3v) is 3.29. The quantitative estimate of drug-likeness (QED) is 0.650. The van der Waals surface area contributed by atoms with Gasteiger partial charge in [0.05, 0.1) is 11.7 Å². The molecular weight excluding hydrogens is 150 g/mol. The van der Waals surface area contributed by atoms with Crippen LogP contribution in [0.3, 0.4) is 0 Å². The van der Waals surface area contributed by atoms with Gasteiger partial charge in [-0.05, 0) is 12.8 Å². The first-order chi connectivity index (χ1) is 5.85. The Balaban J connectivity index is 1.86. The molecule has 0 aromatic rings. The fourth-order valence-electron chi connectivity index (χ4n) is 2.59. The maximum atomic E-state index is 5.87.